The molecule has 0 atom stereocenters. The lowest BCUT2D eigenvalue weighted by Crippen LogP contribution is -2.19. The van der Waals surface area contributed by atoms with E-state index >= 15 is 0 Å². The third-order valence-corrected chi connectivity index (χ3v) is 4.45. The zero-order valence-corrected chi connectivity index (χ0v) is 13.1. The van der Waals surface area contributed by atoms with Crippen molar-refractivity contribution in [2.45, 2.75) is 6.92 Å². The molecule has 0 saturated heterocycles. The summed E-state index contributed by atoms with van der Waals surface area (Å²) in [5.41, 5.74) is 2.26. The van der Waals surface area contributed by atoms with Crippen LogP contribution < -0.4 is 10.6 Å². The lowest BCUT2D eigenvalue weighted by molar-refractivity contribution is 0.262. The van der Waals surface area contributed by atoms with E-state index < -0.39 is 6.03 Å². The van der Waals surface area contributed by atoms with Gasteiger partial charge in [0.2, 0.25) is 0 Å². The number of hydrogen-bond acceptors (Lipinski definition) is 3. The molecule has 3 aromatic rings. The zero-order chi connectivity index (χ0) is 15.7. The molecule has 7 heteroatoms. The standard InChI is InChI=1S/C15H11ClFN3OS/c1-8-2-7-11(16)13-12(8)19-15(22-13)20-14(21)18-10-5-3-9(17)4-6-10/h2-7H,1H3,(H2,18,19,20,21). The molecule has 0 aliphatic heterocycles. The van der Waals surface area contributed by atoms with Crippen LogP contribution >= 0.6 is 22.9 Å². The fourth-order valence-electron chi connectivity index (χ4n) is 1.95. The molecular formula is C15H11ClFN3OS. The van der Waals surface area contributed by atoms with E-state index in [9.17, 15) is 9.18 Å². The molecule has 3 rings (SSSR count). The molecule has 4 nitrogen and oxygen atoms in total. The van der Waals surface area contributed by atoms with Gasteiger partial charge in [-0.25, -0.2) is 14.2 Å². The van der Waals surface area contributed by atoms with Gasteiger partial charge in [0.25, 0.3) is 0 Å². The maximum atomic E-state index is 12.8. The molecule has 0 aliphatic rings. The average molecular weight is 336 g/mol. The van der Waals surface area contributed by atoms with Crippen molar-refractivity contribution in [3.05, 3.63) is 52.8 Å². The predicted octanol–water partition coefficient (Wildman–Crippen LogP) is 5.04. The zero-order valence-electron chi connectivity index (χ0n) is 11.5. The normalized spacial score (nSPS) is 10.7. The van der Waals surface area contributed by atoms with Crippen LogP contribution in [0.2, 0.25) is 5.02 Å². The summed E-state index contributed by atoms with van der Waals surface area (Å²) in [5, 5.41) is 6.31. The fraction of sp³-hybridized carbons (Fsp3) is 0.0667. The highest BCUT2D eigenvalue weighted by Gasteiger charge is 2.11. The minimum atomic E-state index is -0.445. The maximum absolute atomic E-state index is 12.8. The average Bonchev–Trinajstić information content (AvgIpc) is 2.90. The largest absolute Gasteiger partial charge is 0.325 e. The molecule has 1 heterocycles. The third-order valence-electron chi connectivity index (χ3n) is 3.02. The van der Waals surface area contributed by atoms with E-state index in [0.29, 0.717) is 15.8 Å². The van der Waals surface area contributed by atoms with E-state index in [1.165, 1.54) is 35.6 Å². The smallest absolute Gasteiger partial charge is 0.308 e. The molecule has 2 amide bonds. The van der Waals surface area contributed by atoms with Gasteiger partial charge in [-0.1, -0.05) is 29.0 Å². The number of halogens is 2. The maximum Gasteiger partial charge on any atom is 0.325 e. The number of hydrogen-bond donors (Lipinski definition) is 2. The van der Waals surface area contributed by atoms with Crippen molar-refractivity contribution in [1.29, 1.82) is 0 Å². The van der Waals surface area contributed by atoms with Crippen molar-refractivity contribution in [2.75, 3.05) is 10.6 Å². The van der Waals surface area contributed by atoms with Crippen molar-refractivity contribution in [3.8, 4) is 0 Å². The van der Waals surface area contributed by atoms with E-state index in [1.807, 2.05) is 13.0 Å². The van der Waals surface area contributed by atoms with Gasteiger partial charge in [0.15, 0.2) is 5.13 Å². The minimum Gasteiger partial charge on any atom is -0.308 e. The van der Waals surface area contributed by atoms with E-state index in [1.54, 1.807) is 6.07 Å². The number of rotatable bonds is 2. The number of thiazole rings is 1. The van der Waals surface area contributed by atoms with Gasteiger partial charge >= 0.3 is 6.03 Å². The number of anilines is 2. The van der Waals surface area contributed by atoms with Gasteiger partial charge in [-0.3, -0.25) is 5.32 Å². The Balaban J connectivity index is 1.78. The van der Waals surface area contributed by atoms with Gasteiger partial charge in [0.1, 0.15) is 5.82 Å². The summed E-state index contributed by atoms with van der Waals surface area (Å²) in [6, 6.07) is 8.75. The highest BCUT2D eigenvalue weighted by atomic mass is 35.5. The first-order valence-corrected chi connectivity index (χ1v) is 7.61. The molecule has 0 bridgehead atoms. The molecule has 112 valence electrons. The van der Waals surface area contributed by atoms with E-state index in [2.05, 4.69) is 15.6 Å². The summed E-state index contributed by atoms with van der Waals surface area (Å²) < 4.78 is 13.6. The third kappa shape index (κ3) is 3.03. The first kappa shape index (κ1) is 14.7. The monoisotopic (exact) mass is 335 g/mol. The van der Waals surface area contributed by atoms with Crippen LogP contribution in [0.5, 0.6) is 0 Å². The number of fused-ring (bicyclic) bond motifs is 1. The second-order valence-corrected chi connectivity index (χ2v) is 6.05. The van der Waals surface area contributed by atoms with Crippen molar-refractivity contribution >= 4 is 50.0 Å². The fourth-order valence-corrected chi connectivity index (χ4v) is 3.16. The van der Waals surface area contributed by atoms with E-state index in [4.69, 9.17) is 11.6 Å². The number of nitrogens with one attached hydrogen (secondary N) is 2. The Hall–Kier alpha value is -2.18. The first-order valence-electron chi connectivity index (χ1n) is 6.42. The number of carbonyl (C=O) groups is 1. The van der Waals surface area contributed by atoms with Crippen molar-refractivity contribution < 1.29 is 9.18 Å². The number of aromatic nitrogens is 1. The topological polar surface area (TPSA) is 54.0 Å². The second kappa shape index (κ2) is 5.90. The molecule has 2 aromatic carbocycles. The van der Waals surface area contributed by atoms with Crippen LogP contribution in [0.15, 0.2) is 36.4 Å². The highest BCUT2D eigenvalue weighted by molar-refractivity contribution is 7.23. The minimum absolute atomic E-state index is 0.359. The predicted molar refractivity (Wildman–Crippen MR) is 88.4 cm³/mol. The summed E-state index contributed by atoms with van der Waals surface area (Å²) in [6.07, 6.45) is 0. The molecule has 0 aliphatic carbocycles. The van der Waals surface area contributed by atoms with E-state index in [0.717, 1.165) is 15.8 Å². The SMILES string of the molecule is Cc1ccc(Cl)c2sc(NC(=O)Nc3ccc(F)cc3)nc12. The quantitative estimate of drug-likeness (QED) is 0.689. The van der Waals surface area contributed by atoms with Crippen LogP contribution in [-0.4, -0.2) is 11.0 Å². The van der Waals surface area contributed by atoms with Crippen molar-refractivity contribution in [1.82, 2.24) is 4.98 Å². The second-order valence-electron chi connectivity index (χ2n) is 4.65. The van der Waals surface area contributed by atoms with Crippen LogP contribution in [0.1, 0.15) is 5.56 Å². The molecule has 0 unspecified atom stereocenters. The molecule has 0 radical (unpaired) electrons. The van der Waals surface area contributed by atoms with Crippen molar-refractivity contribution in [3.63, 3.8) is 0 Å². The number of urea groups is 1. The van der Waals surface area contributed by atoms with Crippen LogP contribution in [-0.2, 0) is 0 Å². The number of benzene rings is 2. The lowest BCUT2D eigenvalue weighted by Gasteiger charge is -2.04. The summed E-state index contributed by atoms with van der Waals surface area (Å²) in [4.78, 5) is 16.3. The van der Waals surface area contributed by atoms with Crippen LogP contribution in [0.4, 0.5) is 20.0 Å². The Morgan fingerprint density at radius 1 is 1.18 bits per heavy atom. The van der Waals surface area contributed by atoms with Gasteiger partial charge in [-0.05, 0) is 42.8 Å². The Morgan fingerprint density at radius 2 is 1.91 bits per heavy atom. The number of nitrogens with zero attached hydrogens (tertiary/aromatic N) is 1. The molecule has 0 fully saturated rings. The van der Waals surface area contributed by atoms with Crippen LogP contribution in [0, 0.1) is 12.7 Å². The molecule has 0 saturated carbocycles. The number of aryl methyl sites for hydroxylation is 1. The molecule has 2 N–H and O–H groups in total. The van der Waals surface area contributed by atoms with Crippen LogP contribution in [0.25, 0.3) is 10.2 Å². The Kier molecular flexibility index (Phi) is 3.96. The Labute approximate surface area is 134 Å². The first-order chi connectivity index (χ1) is 10.5. The van der Waals surface area contributed by atoms with Gasteiger partial charge in [-0.2, -0.15) is 0 Å². The summed E-state index contributed by atoms with van der Waals surface area (Å²) >= 11 is 7.43. The summed E-state index contributed by atoms with van der Waals surface area (Å²) in [7, 11) is 0. The summed E-state index contributed by atoms with van der Waals surface area (Å²) in [6.45, 7) is 1.93. The molecule has 0 spiro atoms. The van der Waals surface area contributed by atoms with E-state index in [-0.39, 0.29) is 5.82 Å². The lowest BCUT2D eigenvalue weighted by atomic mass is 10.2. The summed E-state index contributed by atoms with van der Waals surface area (Å²) in [5.74, 6) is -0.359. The van der Waals surface area contributed by atoms with Gasteiger partial charge in [0.05, 0.1) is 15.2 Å². The Bertz CT molecular complexity index is 809. The van der Waals surface area contributed by atoms with Gasteiger partial charge in [-0.15, -0.1) is 0 Å². The Morgan fingerprint density at radius 3 is 2.59 bits per heavy atom. The molecule has 22 heavy (non-hydrogen) atoms. The van der Waals surface area contributed by atoms with Gasteiger partial charge in [0, 0.05) is 5.69 Å². The number of carbonyl (C=O) groups excluding carboxylic acids is 1. The van der Waals surface area contributed by atoms with Gasteiger partial charge < -0.3 is 5.32 Å². The van der Waals surface area contributed by atoms with Crippen LogP contribution in [0.3, 0.4) is 0 Å². The molecule has 1 aromatic heterocycles. The molecular weight excluding hydrogens is 325 g/mol. The number of amides is 2. The highest BCUT2D eigenvalue weighted by Crippen LogP contribution is 2.33. The van der Waals surface area contributed by atoms with Crippen molar-refractivity contribution in [2.24, 2.45) is 0 Å².